The van der Waals surface area contributed by atoms with Crippen LogP contribution in [0.25, 0.3) is 0 Å². The molecule has 6 nitrogen and oxygen atoms in total. The molecule has 0 aromatic carbocycles. The van der Waals surface area contributed by atoms with Crippen molar-refractivity contribution in [3.63, 3.8) is 0 Å². The van der Waals surface area contributed by atoms with Crippen molar-refractivity contribution in [3.8, 4) is 0 Å². The third-order valence-electron chi connectivity index (χ3n) is 5.45. The van der Waals surface area contributed by atoms with Gasteiger partial charge in [0.2, 0.25) is 5.91 Å². The monoisotopic (exact) mass is 374 g/mol. The molecule has 150 valence electrons. The lowest BCUT2D eigenvalue weighted by Crippen LogP contribution is -2.56. The van der Waals surface area contributed by atoms with Crippen LogP contribution >= 0.6 is 0 Å². The topological polar surface area (TPSA) is 57.7 Å². The summed E-state index contributed by atoms with van der Waals surface area (Å²) in [6.45, 7) is 12.7. The largest absolute Gasteiger partial charge is 0.373 e. The van der Waals surface area contributed by atoms with Gasteiger partial charge in [0, 0.05) is 38.9 Å². The van der Waals surface area contributed by atoms with Crippen LogP contribution in [0, 0.1) is 5.92 Å². The smallest absolute Gasteiger partial charge is 0.237 e. The molecule has 2 fully saturated rings. The first kappa shape index (κ1) is 20.1. The predicted octanol–water partition coefficient (Wildman–Crippen LogP) is 2.43. The minimum absolute atomic E-state index is 0.0925. The summed E-state index contributed by atoms with van der Waals surface area (Å²) in [5.41, 5.74) is 1.04. The number of morpholine rings is 1. The Bertz CT molecular complexity index is 603. The number of hydrogen-bond donors (Lipinski definition) is 1. The molecule has 0 spiro atoms. The molecule has 2 aliphatic heterocycles. The van der Waals surface area contributed by atoms with E-state index in [-0.39, 0.29) is 30.1 Å². The maximum absolute atomic E-state index is 12.9. The summed E-state index contributed by atoms with van der Waals surface area (Å²) < 4.78 is 5.82. The van der Waals surface area contributed by atoms with Crippen LogP contribution in [-0.2, 0) is 16.1 Å². The van der Waals surface area contributed by atoms with E-state index >= 15 is 0 Å². The SMILES string of the molecule is CC(C)[C@H](C(=O)NCc1ccc(N2CCCC2)nc1)N1C[C@@H](C)O[C@@H](C)C1. The maximum atomic E-state index is 12.9. The highest BCUT2D eigenvalue weighted by Crippen LogP contribution is 2.20. The number of hydrogen-bond acceptors (Lipinski definition) is 5. The fourth-order valence-electron chi connectivity index (χ4n) is 4.28. The summed E-state index contributed by atoms with van der Waals surface area (Å²) in [4.78, 5) is 22.1. The second-order valence-corrected chi connectivity index (χ2v) is 8.34. The Hall–Kier alpha value is -1.66. The number of anilines is 1. The van der Waals surface area contributed by atoms with Gasteiger partial charge in [-0.1, -0.05) is 19.9 Å². The molecule has 6 heteroatoms. The standard InChI is InChI=1S/C21H34N4O2/c1-15(2)20(25-13-16(3)27-17(4)14-25)21(26)23-12-18-7-8-19(22-11-18)24-9-5-6-10-24/h7-8,11,15-17,20H,5-6,9-10,12-14H2,1-4H3,(H,23,26)/t16-,17+,20-/m1/s1. The molecular formula is C21H34N4O2. The van der Waals surface area contributed by atoms with Gasteiger partial charge in [0.05, 0.1) is 18.2 Å². The Balaban J connectivity index is 1.57. The maximum Gasteiger partial charge on any atom is 0.237 e. The van der Waals surface area contributed by atoms with Gasteiger partial charge in [-0.05, 0) is 44.2 Å². The van der Waals surface area contributed by atoms with Crippen LogP contribution in [0.3, 0.4) is 0 Å². The first-order valence-electron chi connectivity index (χ1n) is 10.3. The number of amides is 1. The van der Waals surface area contributed by atoms with E-state index in [0.717, 1.165) is 37.6 Å². The van der Waals surface area contributed by atoms with Gasteiger partial charge < -0.3 is 15.0 Å². The van der Waals surface area contributed by atoms with E-state index in [0.29, 0.717) is 6.54 Å². The Labute approximate surface area is 163 Å². The third-order valence-corrected chi connectivity index (χ3v) is 5.45. The van der Waals surface area contributed by atoms with Crippen molar-refractivity contribution in [2.45, 2.75) is 65.3 Å². The second kappa shape index (κ2) is 9.02. The van der Waals surface area contributed by atoms with Gasteiger partial charge in [-0.3, -0.25) is 9.69 Å². The van der Waals surface area contributed by atoms with Gasteiger partial charge in [0.15, 0.2) is 0 Å². The lowest BCUT2D eigenvalue weighted by atomic mass is 9.99. The number of carbonyl (C=O) groups is 1. The van der Waals surface area contributed by atoms with Gasteiger partial charge in [0.1, 0.15) is 5.82 Å². The molecule has 27 heavy (non-hydrogen) atoms. The zero-order chi connectivity index (χ0) is 19.4. The number of nitrogens with zero attached hydrogens (tertiary/aromatic N) is 3. The number of nitrogens with one attached hydrogen (secondary N) is 1. The zero-order valence-corrected chi connectivity index (χ0v) is 17.1. The highest BCUT2D eigenvalue weighted by atomic mass is 16.5. The number of carbonyl (C=O) groups excluding carboxylic acids is 1. The fraction of sp³-hybridized carbons (Fsp3) is 0.714. The van der Waals surface area contributed by atoms with Gasteiger partial charge in [0.25, 0.3) is 0 Å². The number of ether oxygens (including phenoxy) is 1. The van der Waals surface area contributed by atoms with Crippen molar-refractivity contribution in [3.05, 3.63) is 23.9 Å². The van der Waals surface area contributed by atoms with Gasteiger partial charge >= 0.3 is 0 Å². The van der Waals surface area contributed by atoms with E-state index in [2.05, 4.69) is 59.9 Å². The molecule has 0 radical (unpaired) electrons. The van der Waals surface area contributed by atoms with Crippen LogP contribution in [0.2, 0.25) is 0 Å². The van der Waals surface area contributed by atoms with Crippen LogP contribution in [0.1, 0.15) is 46.1 Å². The van der Waals surface area contributed by atoms with Gasteiger partial charge in [-0.25, -0.2) is 4.98 Å². The number of rotatable bonds is 6. The predicted molar refractivity (Wildman–Crippen MR) is 108 cm³/mol. The zero-order valence-electron chi connectivity index (χ0n) is 17.1. The van der Waals surface area contributed by atoms with Crippen LogP contribution < -0.4 is 10.2 Å². The van der Waals surface area contributed by atoms with E-state index in [1.807, 2.05) is 6.20 Å². The fourth-order valence-corrected chi connectivity index (χ4v) is 4.28. The Kier molecular flexibility index (Phi) is 6.71. The van der Waals surface area contributed by atoms with E-state index in [4.69, 9.17) is 4.74 Å². The van der Waals surface area contributed by atoms with Crippen molar-refractivity contribution in [2.24, 2.45) is 5.92 Å². The number of pyridine rings is 1. The van der Waals surface area contributed by atoms with Crippen molar-refractivity contribution in [2.75, 3.05) is 31.1 Å². The van der Waals surface area contributed by atoms with Crippen LogP contribution in [0.4, 0.5) is 5.82 Å². The minimum Gasteiger partial charge on any atom is -0.373 e. The van der Waals surface area contributed by atoms with Crippen molar-refractivity contribution in [1.82, 2.24) is 15.2 Å². The Morgan fingerprint density at radius 2 is 1.89 bits per heavy atom. The molecule has 2 aliphatic rings. The molecule has 3 heterocycles. The van der Waals surface area contributed by atoms with E-state index < -0.39 is 0 Å². The molecular weight excluding hydrogens is 340 g/mol. The third kappa shape index (κ3) is 5.20. The molecule has 3 rings (SSSR count). The second-order valence-electron chi connectivity index (χ2n) is 8.34. The first-order valence-corrected chi connectivity index (χ1v) is 10.3. The lowest BCUT2D eigenvalue weighted by Gasteiger charge is -2.41. The summed E-state index contributed by atoms with van der Waals surface area (Å²) in [7, 11) is 0. The Morgan fingerprint density at radius 1 is 1.22 bits per heavy atom. The summed E-state index contributed by atoms with van der Waals surface area (Å²) in [5.74, 6) is 1.38. The van der Waals surface area contributed by atoms with E-state index in [9.17, 15) is 4.79 Å². The molecule has 1 aromatic heterocycles. The molecule has 1 aromatic rings. The number of aromatic nitrogens is 1. The molecule has 2 saturated heterocycles. The highest BCUT2D eigenvalue weighted by molar-refractivity contribution is 5.82. The van der Waals surface area contributed by atoms with E-state index in [1.165, 1.54) is 12.8 Å². The average Bonchev–Trinajstić information content (AvgIpc) is 3.14. The Morgan fingerprint density at radius 3 is 2.44 bits per heavy atom. The quantitative estimate of drug-likeness (QED) is 0.829. The highest BCUT2D eigenvalue weighted by Gasteiger charge is 2.34. The van der Waals surface area contributed by atoms with Gasteiger partial charge in [-0.2, -0.15) is 0 Å². The molecule has 0 unspecified atom stereocenters. The average molecular weight is 375 g/mol. The summed E-state index contributed by atoms with van der Waals surface area (Å²) in [6.07, 6.45) is 4.69. The molecule has 1 N–H and O–H groups in total. The first-order chi connectivity index (χ1) is 12.9. The summed E-state index contributed by atoms with van der Waals surface area (Å²) in [6, 6.07) is 4.01. The lowest BCUT2D eigenvalue weighted by molar-refractivity contribution is -0.135. The van der Waals surface area contributed by atoms with Crippen molar-refractivity contribution in [1.29, 1.82) is 0 Å². The van der Waals surface area contributed by atoms with Crippen LogP contribution in [0.15, 0.2) is 18.3 Å². The summed E-state index contributed by atoms with van der Waals surface area (Å²) in [5, 5.41) is 3.12. The molecule has 3 atom stereocenters. The minimum atomic E-state index is -0.129. The molecule has 0 bridgehead atoms. The van der Waals surface area contributed by atoms with Gasteiger partial charge in [-0.15, -0.1) is 0 Å². The summed E-state index contributed by atoms with van der Waals surface area (Å²) >= 11 is 0. The molecule has 0 saturated carbocycles. The molecule has 1 amide bonds. The van der Waals surface area contributed by atoms with Crippen molar-refractivity contribution >= 4 is 11.7 Å². The van der Waals surface area contributed by atoms with Crippen molar-refractivity contribution < 1.29 is 9.53 Å². The molecule has 0 aliphatic carbocycles. The van der Waals surface area contributed by atoms with Crippen LogP contribution in [0.5, 0.6) is 0 Å². The van der Waals surface area contributed by atoms with Crippen LogP contribution in [-0.4, -0.2) is 60.2 Å². The normalized spacial score (nSPS) is 25.0. The van der Waals surface area contributed by atoms with E-state index in [1.54, 1.807) is 0 Å².